The van der Waals surface area contributed by atoms with Gasteiger partial charge in [-0.05, 0) is 61.0 Å². The number of nitrogens with one attached hydrogen (secondary N) is 1. The number of piperidine rings is 1. The summed E-state index contributed by atoms with van der Waals surface area (Å²) in [4.78, 5) is 14.2. The molecular weight excluding hydrogens is 299 g/mol. The van der Waals surface area contributed by atoms with E-state index in [1.807, 2.05) is 0 Å². The van der Waals surface area contributed by atoms with Crippen LogP contribution in [0.15, 0.2) is 22.7 Å². The van der Waals surface area contributed by atoms with Crippen LogP contribution in [0.5, 0.6) is 0 Å². The molecule has 1 heterocycles. The molecule has 5 heteroatoms. The van der Waals surface area contributed by atoms with E-state index in [2.05, 4.69) is 33.2 Å². The van der Waals surface area contributed by atoms with E-state index in [1.54, 1.807) is 12.1 Å². The predicted octanol–water partition coefficient (Wildman–Crippen LogP) is 2.41. The van der Waals surface area contributed by atoms with Gasteiger partial charge in [0.05, 0.1) is 10.0 Å². The molecule has 1 amide bonds. The first-order chi connectivity index (χ1) is 8.58. The maximum absolute atomic E-state index is 13.8. The van der Waals surface area contributed by atoms with Gasteiger partial charge in [-0.15, -0.1) is 0 Å². The van der Waals surface area contributed by atoms with Crippen LogP contribution in [-0.2, 0) is 0 Å². The molecule has 2 rings (SSSR count). The summed E-state index contributed by atoms with van der Waals surface area (Å²) in [5.74, 6) is -0.828. The zero-order valence-corrected chi connectivity index (χ0v) is 11.8. The molecule has 1 aliphatic rings. The number of carbonyl (C=O) groups excluding carboxylic acids is 1. The van der Waals surface area contributed by atoms with Crippen molar-refractivity contribution in [2.75, 3.05) is 20.1 Å². The van der Waals surface area contributed by atoms with E-state index < -0.39 is 5.82 Å². The van der Waals surface area contributed by atoms with Gasteiger partial charge in [-0.3, -0.25) is 4.79 Å². The number of benzene rings is 1. The summed E-state index contributed by atoms with van der Waals surface area (Å²) in [6.45, 7) is 1.93. The third-order valence-corrected chi connectivity index (χ3v) is 3.86. The van der Waals surface area contributed by atoms with Gasteiger partial charge in [0.25, 0.3) is 5.91 Å². The standard InChI is InChI=1S/C13H16BrFN2O/c1-17-7-5-9(6-8-17)16-13(18)10-3-2-4-11(14)12(10)15/h2-4,9H,5-8H2,1H3,(H,16,18). The van der Waals surface area contributed by atoms with Gasteiger partial charge < -0.3 is 10.2 Å². The van der Waals surface area contributed by atoms with Crippen LogP contribution >= 0.6 is 15.9 Å². The predicted molar refractivity (Wildman–Crippen MR) is 72.1 cm³/mol. The Labute approximate surface area is 114 Å². The molecular formula is C13H16BrFN2O. The average Bonchev–Trinajstić information content (AvgIpc) is 2.35. The van der Waals surface area contributed by atoms with Crippen LogP contribution in [-0.4, -0.2) is 37.0 Å². The number of hydrogen-bond donors (Lipinski definition) is 1. The van der Waals surface area contributed by atoms with Crippen molar-refractivity contribution in [3.05, 3.63) is 34.1 Å². The van der Waals surface area contributed by atoms with E-state index in [9.17, 15) is 9.18 Å². The fraction of sp³-hybridized carbons (Fsp3) is 0.462. The molecule has 1 aliphatic heterocycles. The molecule has 98 valence electrons. The molecule has 1 aromatic carbocycles. The Morgan fingerprint density at radius 2 is 2.11 bits per heavy atom. The minimum absolute atomic E-state index is 0.100. The summed E-state index contributed by atoms with van der Waals surface area (Å²) in [5.41, 5.74) is 0.100. The fourth-order valence-corrected chi connectivity index (χ4v) is 2.46. The van der Waals surface area contributed by atoms with Gasteiger partial charge in [-0.1, -0.05) is 6.07 Å². The number of rotatable bonds is 2. The number of hydrogen-bond acceptors (Lipinski definition) is 2. The lowest BCUT2D eigenvalue weighted by molar-refractivity contribution is 0.0912. The van der Waals surface area contributed by atoms with Gasteiger partial charge in [-0.25, -0.2) is 4.39 Å². The Hall–Kier alpha value is -0.940. The van der Waals surface area contributed by atoms with Crippen molar-refractivity contribution in [2.45, 2.75) is 18.9 Å². The van der Waals surface area contributed by atoms with Crippen molar-refractivity contribution in [2.24, 2.45) is 0 Å². The quantitative estimate of drug-likeness (QED) is 0.909. The highest BCUT2D eigenvalue weighted by Gasteiger charge is 2.21. The SMILES string of the molecule is CN1CCC(NC(=O)c2cccc(Br)c2F)CC1. The van der Waals surface area contributed by atoms with Crippen molar-refractivity contribution in [1.29, 1.82) is 0 Å². The number of nitrogens with zero attached hydrogens (tertiary/aromatic N) is 1. The number of amides is 1. The highest BCUT2D eigenvalue weighted by atomic mass is 79.9. The van der Waals surface area contributed by atoms with Gasteiger partial charge in [0, 0.05) is 6.04 Å². The first-order valence-corrected chi connectivity index (χ1v) is 6.80. The van der Waals surface area contributed by atoms with Crippen molar-refractivity contribution >= 4 is 21.8 Å². The monoisotopic (exact) mass is 314 g/mol. The molecule has 0 bridgehead atoms. The summed E-state index contributed by atoms with van der Waals surface area (Å²) >= 11 is 3.09. The van der Waals surface area contributed by atoms with Gasteiger partial charge in [0.2, 0.25) is 0 Å². The Morgan fingerprint density at radius 1 is 1.44 bits per heavy atom. The zero-order valence-electron chi connectivity index (χ0n) is 10.2. The molecule has 0 radical (unpaired) electrons. The van der Waals surface area contributed by atoms with Crippen LogP contribution in [0, 0.1) is 5.82 Å². The number of halogens is 2. The molecule has 1 fully saturated rings. The van der Waals surface area contributed by atoms with Crippen molar-refractivity contribution < 1.29 is 9.18 Å². The number of carbonyl (C=O) groups is 1. The van der Waals surface area contributed by atoms with Gasteiger partial charge in [-0.2, -0.15) is 0 Å². The molecule has 3 nitrogen and oxygen atoms in total. The lowest BCUT2D eigenvalue weighted by atomic mass is 10.0. The molecule has 18 heavy (non-hydrogen) atoms. The highest BCUT2D eigenvalue weighted by Crippen LogP contribution is 2.19. The van der Waals surface area contributed by atoms with Crippen LogP contribution in [0.4, 0.5) is 4.39 Å². The summed E-state index contributed by atoms with van der Waals surface area (Å²) in [6, 6.07) is 4.90. The van der Waals surface area contributed by atoms with Crippen LogP contribution in [0.1, 0.15) is 23.2 Å². The first-order valence-electron chi connectivity index (χ1n) is 6.01. The molecule has 0 atom stereocenters. The second-order valence-electron chi connectivity index (χ2n) is 4.65. The third kappa shape index (κ3) is 3.09. The molecule has 0 aliphatic carbocycles. The number of likely N-dealkylation sites (tertiary alicyclic amines) is 1. The minimum Gasteiger partial charge on any atom is -0.349 e. The smallest absolute Gasteiger partial charge is 0.254 e. The van der Waals surface area contributed by atoms with Crippen molar-refractivity contribution in [3.63, 3.8) is 0 Å². The third-order valence-electron chi connectivity index (χ3n) is 3.25. The Bertz CT molecular complexity index is 445. The second kappa shape index (κ2) is 5.80. The molecule has 0 spiro atoms. The lowest BCUT2D eigenvalue weighted by Gasteiger charge is -2.29. The van der Waals surface area contributed by atoms with Gasteiger partial charge >= 0.3 is 0 Å². The van der Waals surface area contributed by atoms with Crippen LogP contribution < -0.4 is 5.32 Å². The van der Waals surface area contributed by atoms with E-state index in [0.717, 1.165) is 25.9 Å². The molecule has 1 saturated heterocycles. The summed E-state index contributed by atoms with van der Waals surface area (Å²) < 4.78 is 14.1. The van der Waals surface area contributed by atoms with Crippen LogP contribution in [0.25, 0.3) is 0 Å². The van der Waals surface area contributed by atoms with E-state index >= 15 is 0 Å². The Balaban J connectivity index is 2.01. The van der Waals surface area contributed by atoms with E-state index in [-0.39, 0.29) is 17.5 Å². The Morgan fingerprint density at radius 3 is 2.78 bits per heavy atom. The summed E-state index contributed by atoms with van der Waals surface area (Å²) in [6.07, 6.45) is 1.83. The molecule has 0 saturated carbocycles. The molecule has 1 aromatic rings. The van der Waals surface area contributed by atoms with Crippen molar-refractivity contribution in [3.8, 4) is 0 Å². The van der Waals surface area contributed by atoms with Crippen molar-refractivity contribution in [1.82, 2.24) is 10.2 Å². The van der Waals surface area contributed by atoms with Crippen LogP contribution in [0.2, 0.25) is 0 Å². The molecule has 0 aromatic heterocycles. The Kier molecular flexibility index (Phi) is 4.35. The first kappa shape index (κ1) is 13.5. The molecule has 1 N–H and O–H groups in total. The molecule has 0 unspecified atom stereocenters. The fourth-order valence-electron chi connectivity index (χ4n) is 2.10. The van der Waals surface area contributed by atoms with Gasteiger partial charge in [0.1, 0.15) is 5.82 Å². The van der Waals surface area contributed by atoms with E-state index in [0.29, 0.717) is 4.47 Å². The highest BCUT2D eigenvalue weighted by molar-refractivity contribution is 9.10. The largest absolute Gasteiger partial charge is 0.349 e. The van der Waals surface area contributed by atoms with Crippen LogP contribution in [0.3, 0.4) is 0 Å². The zero-order chi connectivity index (χ0) is 13.1. The second-order valence-corrected chi connectivity index (χ2v) is 5.51. The summed E-state index contributed by atoms with van der Waals surface area (Å²) in [7, 11) is 2.06. The topological polar surface area (TPSA) is 32.3 Å². The summed E-state index contributed by atoms with van der Waals surface area (Å²) in [5, 5.41) is 2.90. The minimum atomic E-state index is -0.497. The van der Waals surface area contributed by atoms with E-state index in [1.165, 1.54) is 6.07 Å². The lowest BCUT2D eigenvalue weighted by Crippen LogP contribution is -2.43. The van der Waals surface area contributed by atoms with Gasteiger partial charge in [0.15, 0.2) is 0 Å². The normalized spacial score (nSPS) is 17.7. The maximum Gasteiger partial charge on any atom is 0.254 e. The average molecular weight is 315 g/mol. The van der Waals surface area contributed by atoms with E-state index in [4.69, 9.17) is 0 Å². The maximum atomic E-state index is 13.8.